The van der Waals surface area contributed by atoms with Crippen LogP contribution < -0.4 is 0 Å². The van der Waals surface area contributed by atoms with E-state index >= 15 is 0 Å². The fourth-order valence-electron chi connectivity index (χ4n) is 0.958. The normalized spacial score (nSPS) is 33.0. The topological polar surface area (TPSA) is 37.3 Å². The van der Waals surface area contributed by atoms with E-state index in [1.807, 2.05) is 19.1 Å². The van der Waals surface area contributed by atoms with Gasteiger partial charge in [-0.25, -0.2) is 0 Å². The van der Waals surface area contributed by atoms with Crippen LogP contribution in [0.3, 0.4) is 0 Å². The average Bonchev–Trinajstić information content (AvgIpc) is 2.47. The van der Waals surface area contributed by atoms with E-state index in [0.29, 0.717) is 5.92 Å². The van der Waals surface area contributed by atoms with Crippen LogP contribution in [0.1, 0.15) is 13.3 Å². The second-order valence-electron chi connectivity index (χ2n) is 2.37. The second kappa shape index (κ2) is 2.21. The summed E-state index contributed by atoms with van der Waals surface area (Å²) in [5, 5.41) is 8.42. The second-order valence-corrected chi connectivity index (χ2v) is 2.37. The molecule has 0 saturated heterocycles. The molecule has 0 aromatic heterocycles. The van der Waals surface area contributed by atoms with Crippen LogP contribution >= 0.6 is 0 Å². The Balaban J connectivity index is 2.33. The Morgan fingerprint density at radius 1 is 1.78 bits per heavy atom. The largest absolute Gasteiger partial charge is 0.481 e. The number of rotatable bonds is 2. The van der Waals surface area contributed by atoms with Crippen molar-refractivity contribution in [3.05, 3.63) is 12.2 Å². The fourth-order valence-corrected chi connectivity index (χ4v) is 0.958. The number of carboxylic acids is 1. The summed E-state index contributed by atoms with van der Waals surface area (Å²) in [6.45, 7) is 1.91. The van der Waals surface area contributed by atoms with Crippen molar-refractivity contribution in [2.45, 2.75) is 13.3 Å². The number of allylic oxidation sites excluding steroid dienone is 2. The molecule has 0 aliphatic heterocycles. The van der Waals surface area contributed by atoms with Gasteiger partial charge in [0.25, 0.3) is 0 Å². The zero-order valence-corrected chi connectivity index (χ0v) is 5.37. The highest BCUT2D eigenvalue weighted by Gasteiger charge is 2.40. The van der Waals surface area contributed by atoms with Gasteiger partial charge in [0, 0.05) is 0 Å². The number of hydrogen-bond acceptors (Lipinski definition) is 1. The van der Waals surface area contributed by atoms with E-state index in [-0.39, 0.29) is 5.92 Å². The predicted octanol–water partition coefficient (Wildman–Crippen LogP) is 1.28. The van der Waals surface area contributed by atoms with Crippen molar-refractivity contribution in [3.63, 3.8) is 0 Å². The van der Waals surface area contributed by atoms with Gasteiger partial charge in [-0.1, -0.05) is 12.2 Å². The first-order valence-corrected chi connectivity index (χ1v) is 3.11. The van der Waals surface area contributed by atoms with Gasteiger partial charge >= 0.3 is 5.97 Å². The van der Waals surface area contributed by atoms with Gasteiger partial charge in [0.05, 0.1) is 5.92 Å². The van der Waals surface area contributed by atoms with Crippen LogP contribution in [0.4, 0.5) is 0 Å². The number of hydrogen-bond donors (Lipinski definition) is 1. The van der Waals surface area contributed by atoms with Gasteiger partial charge < -0.3 is 5.11 Å². The Bertz CT molecular complexity index is 149. The van der Waals surface area contributed by atoms with Gasteiger partial charge in [-0.05, 0) is 19.3 Å². The third-order valence-electron chi connectivity index (χ3n) is 1.60. The Kier molecular flexibility index (Phi) is 1.56. The molecule has 2 nitrogen and oxygen atoms in total. The van der Waals surface area contributed by atoms with Gasteiger partial charge in [0.1, 0.15) is 0 Å². The molecule has 0 aromatic rings. The first-order valence-electron chi connectivity index (χ1n) is 3.11. The molecule has 0 amide bonds. The summed E-state index contributed by atoms with van der Waals surface area (Å²) in [7, 11) is 0. The van der Waals surface area contributed by atoms with E-state index < -0.39 is 5.97 Å². The van der Waals surface area contributed by atoms with Crippen molar-refractivity contribution in [1.82, 2.24) is 0 Å². The lowest BCUT2D eigenvalue weighted by molar-refractivity contribution is -0.138. The quantitative estimate of drug-likeness (QED) is 0.566. The van der Waals surface area contributed by atoms with Crippen molar-refractivity contribution in [1.29, 1.82) is 0 Å². The summed E-state index contributed by atoms with van der Waals surface area (Å²) in [6.07, 6.45) is 4.70. The van der Waals surface area contributed by atoms with E-state index in [4.69, 9.17) is 5.11 Å². The lowest BCUT2D eigenvalue weighted by Gasteiger charge is -1.82. The Morgan fingerprint density at radius 3 is 2.78 bits per heavy atom. The molecule has 1 fully saturated rings. The molecule has 1 saturated carbocycles. The molecule has 1 aliphatic carbocycles. The van der Waals surface area contributed by atoms with Crippen molar-refractivity contribution in [2.75, 3.05) is 0 Å². The Hall–Kier alpha value is -0.790. The standard InChI is InChI=1S/C7H10O2/c1-2-3-5-4-6(5)7(8)9/h2-3,5-6H,4H2,1H3,(H,8,9)/b3-2+/t5-,6-/m1/s1. The third-order valence-corrected chi connectivity index (χ3v) is 1.60. The van der Waals surface area contributed by atoms with Crippen LogP contribution in [0.5, 0.6) is 0 Å². The van der Waals surface area contributed by atoms with Gasteiger partial charge in [-0.2, -0.15) is 0 Å². The summed E-state index contributed by atoms with van der Waals surface area (Å²) in [6, 6.07) is 0. The maximum Gasteiger partial charge on any atom is 0.307 e. The van der Waals surface area contributed by atoms with E-state index in [0.717, 1.165) is 6.42 Å². The fraction of sp³-hybridized carbons (Fsp3) is 0.571. The average molecular weight is 126 g/mol. The lowest BCUT2D eigenvalue weighted by Crippen LogP contribution is -1.97. The Labute approximate surface area is 54.2 Å². The minimum absolute atomic E-state index is 0.0822. The van der Waals surface area contributed by atoms with Crippen LogP contribution in [0, 0.1) is 11.8 Å². The number of carboxylic acid groups (broad SMARTS) is 1. The molecular formula is C7H10O2. The van der Waals surface area contributed by atoms with Crippen molar-refractivity contribution < 1.29 is 9.90 Å². The summed E-state index contributed by atoms with van der Waals surface area (Å²) >= 11 is 0. The maximum atomic E-state index is 10.2. The zero-order chi connectivity index (χ0) is 6.85. The first kappa shape index (κ1) is 6.33. The van der Waals surface area contributed by atoms with Crippen molar-refractivity contribution >= 4 is 5.97 Å². The predicted molar refractivity (Wildman–Crippen MR) is 34.0 cm³/mol. The van der Waals surface area contributed by atoms with Gasteiger partial charge in [-0.3, -0.25) is 4.79 Å². The number of aliphatic carboxylic acids is 1. The third kappa shape index (κ3) is 1.31. The van der Waals surface area contributed by atoms with Crippen LogP contribution in [0.2, 0.25) is 0 Å². The van der Waals surface area contributed by atoms with E-state index in [1.54, 1.807) is 0 Å². The van der Waals surface area contributed by atoms with Gasteiger partial charge in [0.15, 0.2) is 0 Å². The molecule has 0 bridgehead atoms. The number of carbonyl (C=O) groups is 1. The highest BCUT2D eigenvalue weighted by Crippen LogP contribution is 2.39. The van der Waals surface area contributed by atoms with E-state index in [1.165, 1.54) is 0 Å². The lowest BCUT2D eigenvalue weighted by atomic mass is 10.3. The molecule has 0 aromatic carbocycles. The molecule has 0 heterocycles. The Morgan fingerprint density at radius 2 is 2.44 bits per heavy atom. The van der Waals surface area contributed by atoms with Crippen LogP contribution in [-0.4, -0.2) is 11.1 Å². The molecule has 1 aliphatic rings. The van der Waals surface area contributed by atoms with Crippen LogP contribution in [0.15, 0.2) is 12.2 Å². The minimum atomic E-state index is -0.655. The van der Waals surface area contributed by atoms with Gasteiger partial charge in [0.2, 0.25) is 0 Å². The van der Waals surface area contributed by atoms with Gasteiger partial charge in [-0.15, -0.1) is 0 Å². The highest BCUT2D eigenvalue weighted by molar-refractivity contribution is 5.73. The molecule has 0 radical (unpaired) electrons. The maximum absolute atomic E-state index is 10.2. The van der Waals surface area contributed by atoms with E-state index in [9.17, 15) is 4.79 Å². The molecule has 50 valence electrons. The molecule has 2 heteroatoms. The SMILES string of the molecule is C/C=C/[C@@H]1C[C@H]1C(=O)O. The molecular weight excluding hydrogens is 116 g/mol. The van der Waals surface area contributed by atoms with Crippen LogP contribution in [-0.2, 0) is 4.79 Å². The summed E-state index contributed by atoms with van der Waals surface area (Å²) < 4.78 is 0. The molecule has 1 rings (SSSR count). The summed E-state index contributed by atoms with van der Waals surface area (Å²) in [4.78, 5) is 10.2. The summed E-state index contributed by atoms with van der Waals surface area (Å²) in [5.41, 5.74) is 0. The molecule has 2 atom stereocenters. The zero-order valence-electron chi connectivity index (χ0n) is 5.37. The molecule has 1 N–H and O–H groups in total. The minimum Gasteiger partial charge on any atom is -0.481 e. The highest BCUT2D eigenvalue weighted by atomic mass is 16.4. The van der Waals surface area contributed by atoms with Crippen molar-refractivity contribution in [3.8, 4) is 0 Å². The van der Waals surface area contributed by atoms with Crippen LogP contribution in [0.25, 0.3) is 0 Å². The van der Waals surface area contributed by atoms with Crippen molar-refractivity contribution in [2.24, 2.45) is 11.8 Å². The molecule has 9 heavy (non-hydrogen) atoms. The monoisotopic (exact) mass is 126 g/mol. The summed E-state index contributed by atoms with van der Waals surface area (Å²) in [5.74, 6) is -0.410. The molecule has 0 unspecified atom stereocenters. The molecule has 0 spiro atoms. The smallest absolute Gasteiger partial charge is 0.307 e. The van der Waals surface area contributed by atoms with E-state index in [2.05, 4.69) is 0 Å². The first-order chi connectivity index (χ1) is 4.25.